The third-order valence-corrected chi connectivity index (χ3v) is 2.42. The van der Waals surface area contributed by atoms with Gasteiger partial charge in [0, 0.05) is 4.91 Å². The summed E-state index contributed by atoms with van der Waals surface area (Å²) in [6.07, 6.45) is -1.44. The van der Waals surface area contributed by atoms with Crippen molar-refractivity contribution in [3.8, 4) is 0 Å². The maximum absolute atomic E-state index is 9.84. The molecule has 0 saturated heterocycles. The number of nitrogens with zero attached hydrogens (tertiary/aromatic N) is 3. The fourth-order valence-electron chi connectivity index (χ4n) is 1.54. The summed E-state index contributed by atoms with van der Waals surface area (Å²) < 4.78 is 0. The van der Waals surface area contributed by atoms with Crippen molar-refractivity contribution in [2.24, 2.45) is 10.8 Å². The van der Waals surface area contributed by atoms with Crippen molar-refractivity contribution in [1.29, 1.82) is 0 Å². The Hall–Kier alpha value is -1.59. The minimum absolute atomic E-state index is 0.154. The molecule has 6 heteroatoms. The first-order chi connectivity index (χ1) is 8.19. The average molecular weight is 236 g/mol. The van der Waals surface area contributed by atoms with Gasteiger partial charge in [-0.1, -0.05) is 29.4 Å². The second-order valence-corrected chi connectivity index (χ2v) is 3.71. The zero-order chi connectivity index (χ0) is 12.7. The average Bonchev–Trinajstić information content (AvgIpc) is 2.35. The Bertz CT molecular complexity index is 404. The molecule has 0 aliphatic rings. The minimum Gasteiger partial charge on any atom is -0.390 e. The number of aliphatic hydroxyl groups excluding tert-OH is 2. The zero-order valence-corrected chi connectivity index (χ0v) is 9.40. The Balaban J connectivity index is 2.76. The van der Waals surface area contributed by atoms with Crippen LogP contribution in [0.15, 0.2) is 29.4 Å². The molecule has 0 aliphatic carbocycles. The lowest BCUT2D eigenvalue weighted by atomic mass is 10.0. The van der Waals surface area contributed by atoms with Gasteiger partial charge >= 0.3 is 0 Å². The molecule has 1 aromatic rings. The van der Waals surface area contributed by atoms with Crippen LogP contribution in [-0.4, -0.2) is 29.4 Å². The number of hydrogen-bond donors (Lipinski definition) is 3. The standard InChI is InChI=1S/C11H16N4O2/c12-5-4-8-2-1-3-9(6-8)11(17)10(16)7-14-15-13/h1-3,6,10-11,16-17H,4-5,7,12H2. The normalized spacial score (nSPS) is 13.8. The molecule has 0 fully saturated rings. The summed E-state index contributed by atoms with van der Waals surface area (Å²) in [5.41, 5.74) is 15.2. The highest BCUT2D eigenvalue weighted by atomic mass is 16.3. The van der Waals surface area contributed by atoms with E-state index in [0.29, 0.717) is 18.5 Å². The van der Waals surface area contributed by atoms with Gasteiger partial charge in [0.25, 0.3) is 0 Å². The van der Waals surface area contributed by atoms with Crippen molar-refractivity contribution >= 4 is 0 Å². The van der Waals surface area contributed by atoms with Gasteiger partial charge in [-0.3, -0.25) is 0 Å². The highest BCUT2D eigenvalue weighted by Gasteiger charge is 2.17. The molecule has 0 spiro atoms. The Kier molecular flexibility index (Phi) is 5.45. The van der Waals surface area contributed by atoms with Gasteiger partial charge in [0.2, 0.25) is 0 Å². The molecule has 17 heavy (non-hydrogen) atoms. The van der Waals surface area contributed by atoms with Crippen molar-refractivity contribution in [2.75, 3.05) is 13.1 Å². The summed E-state index contributed by atoms with van der Waals surface area (Å²) in [6, 6.07) is 7.20. The second kappa shape index (κ2) is 6.88. The maximum atomic E-state index is 9.84. The predicted molar refractivity (Wildman–Crippen MR) is 64.2 cm³/mol. The largest absolute Gasteiger partial charge is 0.390 e. The van der Waals surface area contributed by atoms with E-state index < -0.39 is 12.2 Å². The van der Waals surface area contributed by atoms with Crippen LogP contribution in [0.2, 0.25) is 0 Å². The van der Waals surface area contributed by atoms with Crippen LogP contribution < -0.4 is 5.73 Å². The van der Waals surface area contributed by atoms with Crippen LogP contribution in [0.4, 0.5) is 0 Å². The van der Waals surface area contributed by atoms with Gasteiger partial charge in [-0.2, -0.15) is 0 Å². The number of aliphatic hydroxyl groups is 2. The fourth-order valence-corrected chi connectivity index (χ4v) is 1.54. The molecule has 0 radical (unpaired) electrons. The van der Waals surface area contributed by atoms with E-state index in [2.05, 4.69) is 10.0 Å². The first kappa shape index (κ1) is 13.5. The highest BCUT2D eigenvalue weighted by molar-refractivity contribution is 5.26. The Morgan fingerprint density at radius 3 is 2.82 bits per heavy atom. The predicted octanol–water partition coefficient (Wildman–Crippen LogP) is 0.892. The van der Waals surface area contributed by atoms with Crippen LogP contribution in [-0.2, 0) is 6.42 Å². The monoisotopic (exact) mass is 236 g/mol. The van der Waals surface area contributed by atoms with E-state index in [1.54, 1.807) is 18.2 Å². The van der Waals surface area contributed by atoms with Gasteiger partial charge in [0.1, 0.15) is 6.10 Å². The molecule has 1 aromatic carbocycles. The van der Waals surface area contributed by atoms with Crippen LogP contribution >= 0.6 is 0 Å². The SMILES string of the molecule is [N-]=[N+]=NCC(O)C(O)c1cccc(CCN)c1. The van der Waals surface area contributed by atoms with E-state index in [1.165, 1.54) is 0 Å². The highest BCUT2D eigenvalue weighted by Crippen LogP contribution is 2.18. The Morgan fingerprint density at radius 1 is 1.41 bits per heavy atom. The molecule has 2 atom stereocenters. The van der Waals surface area contributed by atoms with Gasteiger partial charge in [-0.25, -0.2) is 0 Å². The molecule has 1 rings (SSSR count). The molecular weight excluding hydrogens is 220 g/mol. The summed E-state index contributed by atoms with van der Waals surface area (Å²) in [7, 11) is 0. The number of azide groups is 1. The van der Waals surface area contributed by atoms with E-state index in [0.717, 1.165) is 5.56 Å². The van der Waals surface area contributed by atoms with Crippen LogP contribution in [0.3, 0.4) is 0 Å². The van der Waals surface area contributed by atoms with Crippen LogP contribution in [0.1, 0.15) is 17.2 Å². The summed E-state index contributed by atoms with van der Waals surface area (Å²) in [5.74, 6) is 0. The first-order valence-corrected chi connectivity index (χ1v) is 5.35. The Morgan fingerprint density at radius 2 is 2.18 bits per heavy atom. The number of rotatable bonds is 6. The van der Waals surface area contributed by atoms with E-state index in [4.69, 9.17) is 11.3 Å². The van der Waals surface area contributed by atoms with Crippen LogP contribution in [0.25, 0.3) is 10.4 Å². The third-order valence-electron chi connectivity index (χ3n) is 2.42. The molecular formula is C11H16N4O2. The third kappa shape index (κ3) is 4.05. The minimum atomic E-state index is -1.10. The van der Waals surface area contributed by atoms with E-state index in [-0.39, 0.29) is 6.54 Å². The zero-order valence-electron chi connectivity index (χ0n) is 9.40. The molecule has 6 nitrogen and oxygen atoms in total. The second-order valence-electron chi connectivity index (χ2n) is 3.71. The van der Waals surface area contributed by atoms with Crippen molar-refractivity contribution in [3.63, 3.8) is 0 Å². The first-order valence-electron chi connectivity index (χ1n) is 5.35. The number of nitrogens with two attached hydrogens (primary N) is 1. The van der Waals surface area contributed by atoms with Gasteiger partial charge in [-0.15, -0.1) is 0 Å². The lowest BCUT2D eigenvalue weighted by molar-refractivity contribution is 0.0244. The number of benzene rings is 1. The number of hydrogen-bond acceptors (Lipinski definition) is 4. The molecule has 0 bridgehead atoms. The Labute approximate surface area is 99.3 Å². The molecule has 92 valence electrons. The van der Waals surface area contributed by atoms with Crippen LogP contribution in [0.5, 0.6) is 0 Å². The summed E-state index contributed by atoms with van der Waals surface area (Å²) >= 11 is 0. The molecule has 0 saturated carbocycles. The maximum Gasteiger partial charge on any atom is 0.105 e. The quantitative estimate of drug-likeness (QED) is 0.387. The molecule has 0 heterocycles. The van der Waals surface area contributed by atoms with E-state index in [1.807, 2.05) is 6.07 Å². The summed E-state index contributed by atoms with van der Waals surface area (Å²) in [4.78, 5) is 2.54. The summed E-state index contributed by atoms with van der Waals surface area (Å²) in [5, 5.41) is 22.7. The molecule has 0 aliphatic heterocycles. The van der Waals surface area contributed by atoms with Gasteiger partial charge < -0.3 is 15.9 Å². The molecule has 2 unspecified atom stereocenters. The lowest BCUT2D eigenvalue weighted by Gasteiger charge is -2.16. The smallest absolute Gasteiger partial charge is 0.105 e. The van der Waals surface area contributed by atoms with Crippen molar-refractivity contribution in [3.05, 3.63) is 45.8 Å². The molecule has 0 aromatic heterocycles. The van der Waals surface area contributed by atoms with E-state index >= 15 is 0 Å². The van der Waals surface area contributed by atoms with Crippen molar-refractivity contribution in [2.45, 2.75) is 18.6 Å². The lowest BCUT2D eigenvalue weighted by Crippen LogP contribution is -2.21. The fraction of sp³-hybridized carbons (Fsp3) is 0.455. The molecule has 0 amide bonds. The van der Waals surface area contributed by atoms with E-state index in [9.17, 15) is 10.2 Å². The van der Waals surface area contributed by atoms with Crippen LogP contribution in [0, 0.1) is 0 Å². The van der Waals surface area contributed by atoms with Gasteiger partial charge in [-0.05, 0) is 29.6 Å². The van der Waals surface area contributed by atoms with Crippen molar-refractivity contribution < 1.29 is 10.2 Å². The summed E-state index contributed by atoms with van der Waals surface area (Å²) in [6.45, 7) is 0.375. The van der Waals surface area contributed by atoms with Crippen molar-refractivity contribution in [1.82, 2.24) is 0 Å². The van der Waals surface area contributed by atoms with Gasteiger partial charge in [0.05, 0.1) is 12.6 Å². The topological polar surface area (TPSA) is 115 Å². The molecule has 4 N–H and O–H groups in total. The van der Waals surface area contributed by atoms with Gasteiger partial charge in [0.15, 0.2) is 0 Å².